The van der Waals surface area contributed by atoms with E-state index in [0.29, 0.717) is 5.41 Å². The highest BCUT2D eigenvalue weighted by Crippen LogP contribution is 2.40. The molecule has 0 unspecified atom stereocenters. The van der Waals surface area contributed by atoms with Gasteiger partial charge in [0.1, 0.15) is 0 Å². The predicted octanol–water partition coefficient (Wildman–Crippen LogP) is 5.70. The molecule has 0 radical (unpaired) electrons. The minimum absolute atomic E-state index is 0.331. The fourth-order valence-electron chi connectivity index (χ4n) is 3.00. The van der Waals surface area contributed by atoms with Gasteiger partial charge in [-0.25, -0.2) is 0 Å². The fraction of sp³-hybridized carbons (Fsp3) is 0.600. The highest BCUT2D eigenvalue weighted by atomic mass is 14.5. The van der Waals surface area contributed by atoms with Crippen molar-refractivity contribution in [2.75, 3.05) is 6.54 Å². The summed E-state index contributed by atoms with van der Waals surface area (Å²) in [6.07, 6.45) is 18.5. The molecule has 0 bridgehead atoms. The first-order chi connectivity index (χ1) is 9.97. The van der Waals surface area contributed by atoms with Crippen LogP contribution >= 0.6 is 0 Å². The van der Waals surface area contributed by atoms with Crippen LogP contribution in [0.4, 0.5) is 0 Å². The molecule has 1 aliphatic carbocycles. The molecule has 118 valence electrons. The van der Waals surface area contributed by atoms with Crippen LogP contribution in [0.5, 0.6) is 0 Å². The molecule has 0 aromatic heterocycles. The molecule has 0 atom stereocenters. The van der Waals surface area contributed by atoms with Crippen LogP contribution in [-0.2, 0) is 0 Å². The molecule has 0 heterocycles. The predicted molar refractivity (Wildman–Crippen MR) is 95.3 cm³/mol. The third-order valence-electron chi connectivity index (χ3n) is 4.38. The van der Waals surface area contributed by atoms with E-state index in [4.69, 9.17) is 5.73 Å². The molecule has 0 spiro atoms. The molecule has 1 heteroatoms. The molecular weight excluding hydrogens is 254 g/mol. The Morgan fingerprint density at radius 2 is 2.05 bits per heavy atom. The van der Waals surface area contributed by atoms with E-state index in [-0.39, 0.29) is 0 Å². The van der Waals surface area contributed by atoms with Crippen LogP contribution in [0, 0.1) is 5.41 Å². The second-order valence-electron chi connectivity index (χ2n) is 6.89. The number of rotatable bonds is 7. The zero-order valence-electron chi connectivity index (χ0n) is 14.4. The first kappa shape index (κ1) is 18.0. The van der Waals surface area contributed by atoms with Gasteiger partial charge in [-0.15, -0.1) is 0 Å². The van der Waals surface area contributed by atoms with Crippen LogP contribution in [0.15, 0.2) is 47.1 Å². The van der Waals surface area contributed by atoms with Gasteiger partial charge in [-0.2, -0.15) is 0 Å². The van der Waals surface area contributed by atoms with Crippen LogP contribution in [0.25, 0.3) is 0 Å². The van der Waals surface area contributed by atoms with Crippen LogP contribution in [0.2, 0.25) is 0 Å². The van der Waals surface area contributed by atoms with Gasteiger partial charge in [0.2, 0.25) is 0 Å². The summed E-state index contributed by atoms with van der Waals surface area (Å²) in [7, 11) is 0. The Balaban J connectivity index is 2.58. The Kier molecular flexibility index (Phi) is 7.74. The van der Waals surface area contributed by atoms with Crippen molar-refractivity contribution in [1.82, 2.24) is 0 Å². The van der Waals surface area contributed by atoms with E-state index in [9.17, 15) is 0 Å². The van der Waals surface area contributed by atoms with Gasteiger partial charge < -0.3 is 5.73 Å². The molecule has 21 heavy (non-hydrogen) atoms. The lowest BCUT2D eigenvalue weighted by Gasteiger charge is -2.32. The summed E-state index contributed by atoms with van der Waals surface area (Å²) in [5, 5.41) is 0. The maximum atomic E-state index is 5.49. The average Bonchev–Trinajstić information content (AvgIpc) is 2.41. The molecule has 0 amide bonds. The molecule has 1 rings (SSSR count). The minimum Gasteiger partial charge on any atom is -0.330 e. The molecule has 0 aromatic carbocycles. The van der Waals surface area contributed by atoms with Crippen molar-refractivity contribution in [2.45, 2.75) is 66.2 Å². The number of hydrogen-bond acceptors (Lipinski definition) is 1. The molecule has 0 saturated carbocycles. The first-order valence-corrected chi connectivity index (χ1v) is 8.39. The van der Waals surface area contributed by atoms with Crippen LogP contribution in [0.1, 0.15) is 66.2 Å². The summed E-state index contributed by atoms with van der Waals surface area (Å²) >= 11 is 0. The molecule has 1 nitrogen and oxygen atoms in total. The Morgan fingerprint density at radius 3 is 2.71 bits per heavy atom. The summed E-state index contributed by atoms with van der Waals surface area (Å²) in [6.45, 7) is 10.00. The standard InChI is InChI=1S/C20H33N/c1-17(11-8-6-5-7-9-16-21)13-14-19-18(2)12-10-15-20(19,3)4/h6,8,11,13-14H,5,7,9-10,12,15-16,21H2,1-4H3/b8-6+,14-13+,17-11+. The average molecular weight is 287 g/mol. The molecule has 2 N–H and O–H groups in total. The maximum absolute atomic E-state index is 5.49. The summed E-state index contributed by atoms with van der Waals surface area (Å²) in [5.74, 6) is 0. The Labute approximate surface area is 131 Å². The smallest absolute Gasteiger partial charge is 0.00772 e. The van der Waals surface area contributed by atoms with Gasteiger partial charge in [0, 0.05) is 0 Å². The quantitative estimate of drug-likeness (QED) is 0.471. The van der Waals surface area contributed by atoms with E-state index >= 15 is 0 Å². The van der Waals surface area contributed by atoms with E-state index in [2.05, 4.69) is 58.1 Å². The second-order valence-corrected chi connectivity index (χ2v) is 6.89. The Bertz CT molecular complexity index is 433. The first-order valence-electron chi connectivity index (χ1n) is 8.39. The van der Waals surface area contributed by atoms with Crippen LogP contribution < -0.4 is 5.73 Å². The largest absolute Gasteiger partial charge is 0.330 e. The van der Waals surface area contributed by atoms with Crippen molar-refractivity contribution in [2.24, 2.45) is 11.1 Å². The van der Waals surface area contributed by atoms with Crippen LogP contribution in [-0.4, -0.2) is 6.54 Å². The van der Waals surface area contributed by atoms with E-state index in [1.807, 2.05) is 0 Å². The maximum Gasteiger partial charge on any atom is -0.00772 e. The minimum atomic E-state index is 0.331. The SMILES string of the molecule is CC1=C(/C=C/C(C)=C/C=C/CCCCN)C(C)(C)CCC1. The van der Waals surface area contributed by atoms with Crippen molar-refractivity contribution in [3.05, 3.63) is 47.1 Å². The van der Waals surface area contributed by atoms with E-state index < -0.39 is 0 Å². The van der Waals surface area contributed by atoms with E-state index in [1.165, 1.54) is 36.8 Å². The lowest BCUT2D eigenvalue weighted by Crippen LogP contribution is -2.19. The summed E-state index contributed by atoms with van der Waals surface area (Å²) in [5.41, 5.74) is 10.2. The topological polar surface area (TPSA) is 26.0 Å². The van der Waals surface area contributed by atoms with Gasteiger partial charge >= 0.3 is 0 Å². The third-order valence-corrected chi connectivity index (χ3v) is 4.38. The van der Waals surface area contributed by atoms with Crippen molar-refractivity contribution in [1.29, 1.82) is 0 Å². The van der Waals surface area contributed by atoms with Gasteiger partial charge in [0.05, 0.1) is 0 Å². The zero-order valence-corrected chi connectivity index (χ0v) is 14.4. The molecule has 1 aliphatic rings. The van der Waals surface area contributed by atoms with Crippen molar-refractivity contribution in [3.8, 4) is 0 Å². The zero-order chi connectivity index (χ0) is 15.7. The molecule has 0 fully saturated rings. The van der Waals surface area contributed by atoms with Gasteiger partial charge in [-0.05, 0) is 69.9 Å². The Morgan fingerprint density at radius 1 is 1.29 bits per heavy atom. The van der Waals surface area contributed by atoms with Crippen LogP contribution in [0.3, 0.4) is 0 Å². The van der Waals surface area contributed by atoms with Gasteiger partial charge in [-0.3, -0.25) is 0 Å². The van der Waals surface area contributed by atoms with E-state index in [0.717, 1.165) is 19.4 Å². The summed E-state index contributed by atoms with van der Waals surface area (Å²) in [4.78, 5) is 0. The fourth-order valence-corrected chi connectivity index (χ4v) is 3.00. The number of hydrogen-bond donors (Lipinski definition) is 1. The number of unbranched alkanes of at least 4 members (excludes halogenated alkanes) is 2. The van der Waals surface area contributed by atoms with Crippen molar-refractivity contribution >= 4 is 0 Å². The van der Waals surface area contributed by atoms with Gasteiger partial charge in [0.15, 0.2) is 0 Å². The van der Waals surface area contributed by atoms with Gasteiger partial charge in [-0.1, -0.05) is 55.4 Å². The highest BCUT2D eigenvalue weighted by molar-refractivity contribution is 5.36. The third kappa shape index (κ3) is 6.48. The molecule has 0 aliphatic heterocycles. The van der Waals surface area contributed by atoms with E-state index in [1.54, 1.807) is 5.57 Å². The molecule has 0 aromatic rings. The Hall–Kier alpha value is -1.08. The highest BCUT2D eigenvalue weighted by Gasteiger charge is 2.26. The molecular formula is C20H33N. The van der Waals surface area contributed by atoms with Crippen molar-refractivity contribution < 1.29 is 0 Å². The lowest BCUT2D eigenvalue weighted by molar-refractivity contribution is 0.377. The summed E-state index contributed by atoms with van der Waals surface area (Å²) in [6, 6.07) is 0. The number of allylic oxidation sites excluding steroid dienone is 8. The molecule has 0 saturated heterocycles. The number of nitrogens with two attached hydrogens (primary N) is 1. The lowest BCUT2D eigenvalue weighted by atomic mass is 9.72. The second kappa shape index (κ2) is 9.04. The normalized spacial score (nSPS) is 20.0. The monoisotopic (exact) mass is 287 g/mol. The van der Waals surface area contributed by atoms with Gasteiger partial charge in [0.25, 0.3) is 0 Å². The summed E-state index contributed by atoms with van der Waals surface area (Å²) < 4.78 is 0. The van der Waals surface area contributed by atoms with Crippen molar-refractivity contribution in [3.63, 3.8) is 0 Å².